The summed E-state index contributed by atoms with van der Waals surface area (Å²) < 4.78 is 5.14. The molecule has 1 saturated heterocycles. The molecule has 0 radical (unpaired) electrons. The second kappa shape index (κ2) is 9.45. The third kappa shape index (κ3) is 5.30. The maximum absolute atomic E-state index is 13.2. The zero-order valence-electron chi connectivity index (χ0n) is 18.0. The van der Waals surface area contributed by atoms with Gasteiger partial charge in [-0.05, 0) is 37.0 Å². The predicted molar refractivity (Wildman–Crippen MR) is 114 cm³/mol. The number of nitrogens with one attached hydrogen (secondary N) is 1. The molecule has 2 rings (SSSR count). The van der Waals surface area contributed by atoms with Crippen LogP contribution in [0.4, 0.5) is 0 Å². The fourth-order valence-corrected chi connectivity index (χ4v) is 4.02. The Morgan fingerprint density at radius 1 is 1.28 bits per heavy atom. The van der Waals surface area contributed by atoms with Crippen molar-refractivity contribution in [2.24, 2.45) is 11.3 Å². The van der Waals surface area contributed by atoms with Gasteiger partial charge in [-0.1, -0.05) is 51.4 Å². The smallest absolute Gasteiger partial charge is 0.246 e. The van der Waals surface area contributed by atoms with Gasteiger partial charge in [0.25, 0.3) is 0 Å². The topological polar surface area (TPSA) is 78.9 Å². The van der Waals surface area contributed by atoms with Crippen molar-refractivity contribution < 1.29 is 19.4 Å². The average Bonchev–Trinajstić information content (AvgIpc) is 2.66. The van der Waals surface area contributed by atoms with Gasteiger partial charge in [-0.25, -0.2) is 0 Å². The minimum absolute atomic E-state index is 0.0607. The molecule has 1 heterocycles. The van der Waals surface area contributed by atoms with Crippen LogP contribution in [0.5, 0.6) is 0 Å². The molecule has 1 fully saturated rings. The van der Waals surface area contributed by atoms with E-state index in [2.05, 4.69) is 5.32 Å². The monoisotopic (exact) mass is 424 g/mol. The normalized spacial score (nSPS) is 22.4. The Kier molecular flexibility index (Phi) is 7.71. The number of hydrogen-bond acceptors (Lipinski definition) is 4. The molecule has 0 aliphatic carbocycles. The first-order valence-electron chi connectivity index (χ1n) is 10.2. The third-order valence-corrected chi connectivity index (χ3v) is 6.02. The predicted octanol–water partition coefficient (Wildman–Crippen LogP) is 2.96. The van der Waals surface area contributed by atoms with Gasteiger partial charge in [-0.2, -0.15) is 0 Å². The van der Waals surface area contributed by atoms with E-state index in [1.54, 1.807) is 17.0 Å². The summed E-state index contributed by atoms with van der Waals surface area (Å²) in [4.78, 5) is 27.0. The SMILES string of the molecule is CCOCC(=O)N[C@@H](C(=O)N1CC[C@](O)(c2ccc(Cl)cc2)C(C)(C)C1)C(C)C. The highest BCUT2D eigenvalue weighted by molar-refractivity contribution is 6.30. The molecule has 2 N–H and O–H groups in total. The van der Waals surface area contributed by atoms with E-state index in [0.717, 1.165) is 5.56 Å². The summed E-state index contributed by atoms with van der Waals surface area (Å²) in [6.45, 7) is 10.7. The van der Waals surface area contributed by atoms with E-state index in [0.29, 0.717) is 31.1 Å². The molecule has 29 heavy (non-hydrogen) atoms. The number of carbonyl (C=O) groups is 2. The summed E-state index contributed by atoms with van der Waals surface area (Å²) in [7, 11) is 0. The average molecular weight is 425 g/mol. The Morgan fingerprint density at radius 3 is 2.41 bits per heavy atom. The van der Waals surface area contributed by atoms with E-state index >= 15 is 0 Å². The lowest BCUT2D eigenvalue weighted by molar-refractivity contribution is -0.157. The van der Waals surface area contributed by atoms with Crippen molar-refractivity contribution in [2.75, 3.05) is 26.3 Å². The number of carbonyl (C=O) groups excluding carboxylic acids is 2. The van der Waals surface area contributed by atoms with E-state index in [9.17, 15) is 14.7 Å². The van der Waals surface area contributed by atoms with Crippen molar-refractivity contribution in [3.8, 4) is 0 Å². The Labute approximate surface area is 178 Å². The maximum Gasteiger partial charge on any atom is 0.246 e. The van der Waals surface area contributed by atoms with Gasteiger partial charge in [-0.3, -0.25) is 9.59 Å². The van der Waals surface area contributed by atoms with Crippen molar-refractivity contribution in [2.45, 2.75) is 52.7 Å². The molecule has 0 aromatic heterocycles. The second-order valence-electron chi connectivity index (χ2n) is 8.69. The van der Waals surface area contributed by atoms with E-state index < -0.39 is 17.1 Å². The first-order valence-corrected chi connectivity index (χ1v) is 10.5. The summed E-state index contributed by atoms with van der Waals surface area (Å²) >= 11 is 5.99. The number of aliphatic hydroxyl groups is 1. The van der Waals surface area contributed by atoms with Crippen LogP contribution >= 0.6 is 11.6 Å². The van der Waals surface area contributed by atoms with Gasteiger partial charge in [0.2, 0.25) is 11.8 Å². The number of benzene rings is 1. The molecule has 1 aliphatic rings. The number of piperidine rings is 1. The molecule has 2 atom stereocenters. The molecule has 0 bridgehead atoms. The van der Waals surface area contributed by atoms with Gasteiger partial charge >= 0.3 is 0 Å². The number of halogens is 1. The fourth-order valence-electron chi connectivity index (χ4n) is 3.89. The van der Waals surface area contributed by atoms with Crippen LogP contribution in [0.1, 0.15) is 46.6 Å². The largest absolute Gasteiger partial charge is 0.384 e. The molecule has 0 unspecified atom stereocenters. The molecule has 0 spiro atoms. The number of hydrogen-bond donors (Lipinski definition) is 2. The van der Waals surface area contributed by atoms with E-state index in [1.165, 1.54) is 0 Å². The second-order valence-corrected chi connectivity index (χ2v) is 9.12. The van der Waals surface area contributed by atoms with Crippen molar-refractivity contribution in [3.05, 3.63) is 34.9 Å². The highest BCUT2D eigenvalue weighted by Crippen LogP contribution is 2.46. The zero-order valence-corrected chi connectivity index (χ0v) is 18.8. The van der Waals surface area contributed by atoms with Crippen LogP contribution in [0.2, 0.25) is 5.02 Å². The van der Waals surface area contributed by atoms with Crippen molar-refractivity contribution in [1.29, 1.82) is 0 Å². The van der Waals surface area contributed by atoms with Crippen LogP contribution in [0.3, 0.4) is 0 Å². The molecule has 1 aromatic rings. The number of amides is 2. The van der Waals surface area contributed by atoms with Gasteiger partial charge in [0.05, 0.1) is 5.60 Å². The molecule has 0 saturated carbocycles. The van der Waals surface area contributed by atoms with Gasteiger partial charge in [0, 0.05) is 30.1 Å². The summed E-state index contributed by atoms with van der Waals surface area (Å²) in [5.41, 5.74) is -0.852. The highest BCUT2D eigenvalue weighted by Gasteiger charge is 2.50. The lowest BCUT2D eigenvalue weighted by Crippen LogP contribution is -2.60. The summed E-state index contributed by atoms with van der Waals surface area (Å²) in [5.74, 6) is -0.489. The summed E-state index contributed by atoms with van der Waals surface area (Å²) in [5, 5.41) is 14.9. The van der Waals surface area contributed by atoms with Crippen LogP contribution in [0.25, 0.3) is 0 Å². The molecule has 1 aromatic carbocycles. The van der Waals surface area contributed by atoms with Crippen molar-refractivity contribution in [3.63, 3.8) is 0 Å². The van der Waals surface area contributed by atoms with Gasteiger partial charge in [-0.15, -0.1) is 0 Å². The van der Waals surface area contributed by atoms with E-state index in [-0.39, 0.29) is 24.3 Å². The van der Waals surface area contributed by atoms with Gasteiger partial charge < -0.3 is 20.1 Å². The van der Waals surface area contributed by atoms with Gasteiger partial charge in [0.1, 0.15) is 12.6 Å². The lowest BCUT2D eigenvalue weighted by Gasteiger charge is -2.51. The fraction of sp³-hybridized carbons (Fsp3) is 0.636. The Bertz CT molecular complexity index is 720. The van der Waals surface area contributed by atoms with E-state index in [4.69, 9.17) is 16.3 Å². The van der Waals surface area contributed by atoms with Crippen LogP contribution in [0.15, 0.2) is 24.3 Å². The van der Waals surface area contributed by atoms with Crippen LogP contribution in [0, 0.1) is 11.3 Å². The zero-order chi connectivity index (χ0) is 21.8. The third-order valence-electron chi connectivity index (χ3n) is 5.77. The number of rotatable bonds is 7. The Morgan fingerprint density at radius 2 is 1.90 bits per heavy atom. The highest BCUT2D eigenvalue weighted by atomic mass is 35.5. The van der Waals surface area contributed by atoms with E-state index in [1.807, 2.05) is 46.8 Å². The van der Waals surface area contributed by atoms with Crippen molar-refractivity contribution in [1.82, 2.24) is 10.2 Å². The molecule has 7 heteroatoms. The molecule has 6 nitrogen and oxygen atoms in total. The summed E-state index contributed by atoms with van der Waals surface area (Å²) in [6, 6.07) is 6.59. The van der Waals surface area contributed by atoms with Crippen LogP contribution < -0.4 is 5.32 Å². The molecule has 2 amide bonds. The first-order chi connectivity index (χ1) is 13.5. The summed E-state index contributed by atoms with van der Waals surface area (Å²) in [6.07, 6.45) is 0.408. The standard InChI is InChI=1S/C22H33ClN2O4/c1-6-29-13-18(26)24-19(15(2)3)20(27)25-12-11-22(28,21(4,5)14-25)16-7-9-17(23)10-8-16/h7-10,15,19,28H,6,11-14H2,1-5H3,(H,24,26)/t19-,22+/m1/s1. The quantitative estimate of drug-likeness (QED) is 0.705. The Hall–Kier alpha value is -1.63. The maximum atomic E-state index is 13.2. The van der Waals surface area contributed by atoms with Crippen LogP contribution in [-0.2, 0) is 19.9 Å². The molecular weight excluding hydrogens is 392 g/mol. The lowest BCUT2D eigenvalue weighted by atomic mass is 9.66. The van der Waals surface area contributed by atoms with Gasteiger partial charge in [0.15, 0.2) is 0 Å². The molecule has 1 aliphatic heterocycles. The minimum atomic E-state index is -1.07. The van der Waals surface area contributed by atoms with Crippen LogP contribution in [-0.4, -0.2) is 54.2 Å². The number of likely N-dealkylation sites (tertiary alicyclic amines) is 1. The molecule has 162 valence electrons. The minimum Gasteiger partial charge on any atom is -0.384 e. The molecular formula is C22H33ClN2O4. The Balaban J connectivity index is 2.15. The first kappa shape index (κ1) is 23.6. The number of nitrogens with zero attached hydrogens (tertiary/aromatic N) is 1. The van der Waals surface area contributed by atoms with Crippen molar-refractivity contribution >= 4 is 23.4 Å². The number of ether oxygens (including phenoxy) is 1.